The average Bonchev–Trinajstić information content (AvgIpc) is 2.83. The maximum atomic E-state index is 14.7. The van der Waals surface area contributed by atoms with Gasteiger partial charge in [-0.3, -0.25) is 4.79 Å². The molecule has 1 aliphatic rings. The van der Waals surface area contributed by atoms with Crippen molar-refractivity contribution in [2.45, 2.75) is 39.5 Å². The average molecular weight is 496 g/mol. The van der Waals surface area contributed by atoms with Gasteiger partial charge in [-0.15, -0.1) is 0 Å². The molecule has 0 aliphatic carbocycles. The Bertz CT molecular complexity index is 1220. The minimum Gasteiger partial charge on any atom is -0.490 e. The summed E-state index contributed by atoms with van der Waals surface area (Å²) in [7, 11) is 0. The minimum atomic E-state index is -0.701. The third-order valence-corrected chi connectivity index (χ3v) is 6.30. The SMILES string of the molecule is Cc1cc(F)cc(C)c1-c1nc(Nc2ccc(OCCCN3CCCCC3)c(F)c2)ncc1C(N)=O. The van der Waals surface area contributed by atoms with Gasteiger partial charge < -0.3 is 20.7 Å². The summed E-state index contributed by atoms with van der Waals surface area (Å²) in [5, 5.41) is 2.96. The molecule has 0 radical (unpaired) electrons. The number of nitrogens with zero attached hydrogens (tertiary/aromatic N) is 3. The molecule has 1 saturated heterocycles. The molecule has 1 aromatic heterocycles. The molecule has 3 aromatic rings. The van der Waals surface area contributed by atoms with Crippen molar-refractivity contribution in [3.63, 3.8) is 0 Å². The molecule has 0 unspecified atom stereocenters. The third kappa shape index (κ3) is 6.15. The second kappa shape index (κ2) is 11.4. The molecule has 0 atom stereocenters. The summed E-state index contributed by atoms with van der Waals surface area (Å²) in [5.74, 6) is -1.26. The summed E-state index contributed by atoms with van der Waals surface area (Å²) in [6.45, 7) is 7.10. The Morgan fingerprint density at radius 1 is 1.11 bits per heavy atom. The summed E-state index contributed by atoms with van der Waals surface area (Å²) >= 11 is 0. The Morgan fingerprint density at radius 3 is 2.50 bits per heavy atom. The standard InChI is InChI=1S/C27H31F2N5O2/c1-17-13-19(28)14-18(2)24(17)25-21(26(30)35)16-31-27(33-25)32-20-7-8-23(22(29)15-20)36-12-6-11-34-9-4-3-5-10-34/h7-8,13-16H,3-6,9-12H2,1-2H3,(H2,30,35)(H,31,32,33). The van der Waals surface area contributed by atoms with Crippen LogP contribution in [-0.4, -0.2) is 47.0 Å². The number of benzene rings is 2. The zero-order chi connectivity index (χ0) is 25.7. The summed E-state index contributed by atoms with van der Waals surface area (Å²) in [5.41, 5.74) is 8.14. The summed E-state index contributed by atoms with van der Waals surface area (Å²) in [6.07, 6.45) is 5.93. The fourth-order valence-electron chi connectivity index (χ4n) is 4.58. The largest absolute Gasteiger partial charge is 0.490 e. The van der Waals surface area contributed by atoms with Crippen LogP contribution in [0.1, 0.15) is 47.2 Å². The second-order valence-corrected chi connectivity index (χ2v) is 9.11. The number of hydrogen-bond donors (Lipinski definition) is 2. The van der Waals surface area contributed by atoms with Crippen LogP contribution in [0.5, 0.6) is 5.75 Å². The molecular weight excluding hydrogens is 464 g/mol. The highest BCUT2D eigenvalue weighted by Gasteiger charge is 2.19. The lowest BCUT2D eigenvalue weighted by atomic mass is 9.96. The van der Waals surface area contributed by atoms with Gasteiger partial charge in [0, 0.05) is 30.1 Å². The summed E-state index contributed by atoms with van der Waals surface area (Å²) < 4.78 is 34.1. The molecule has 0 spiro atoms. The van der Waals surface area contributed by atoms with Gasteiger partial charge in [0.25, 0.3) is 5.91 Å². The van der Waals surface area contributed by atoms with Crippen molar-refractivity contribution < 1.29 is 18.3 Å². The number of likely N-dealkylation sites (tertiary alicyclic amines) is 1. The van der Waals surface area contributed by atoms with Crippen molar-refractivity contribution in [3.8, 4) is 17.0 Å². The van der Waals surface area contributed by atoms with Crippen LogP contribution >= 0.6 is 0 Å². The van der Waals surface area contributed by atoms with Crippen LogP contribution in [-0.2, 0) is 0 Å². The van der Waals surface area contributed by atoms with E-state index in [1.165, 1.54) is 43.7 Å². The van der Waals surface area contributed by atoms with E-state index in [4.69, 9.17) is 10.5 Å². The Kier molecular flexibility index (Phi) is 8.10. The number of halogens is 2. The first-order chi connectivity index (χ1) is 17.3. The number of piperidine rings is 1. The number of amides is 1. The van der Waals surface area contributed by atoms with Gasteiger partial charge in [0.15, 0.2) is 11.6 Å². The molecule has 2 heterocycles. The van der Waals surface area contributed by atoms with Gasteiger partial charge in [0.05, 0.1) is 17.9 Å². The van der Waals surface area contributed by atoms with E-state index in [0.717, 1.165) is 26.1 Å². The normalized spacial score (nSPS) is 14.0. The highest BCUT2D eigenvalue weighted by atomic mass is 19.1. The van der Waals surface area contributed by atoms with Crippen LogP contribution in [0.25, 0.3) is 11.3 Å². The second-order valence-electron chi connectivity index (χ2n) is 9.11. The molecule has 36 heavy (non-hydrogen) atoms. The van der Waals surface area contributed by atoms with Crippen LogP contribution in [0.2, 0.25) is 0 Å². The van der Waals surface area contributed by atoms with E-state index in [1.54, 1.807) is 26.0 Å². The quantitative estimate of drug-likeness (QED) is 0.400. The fourth-order valence-corrected chi connectivity index (χ4v) is 4.58. The van der Waals surface area contributed by atoms with Crippen LogP contribution in [0.3, 0.4) is 0 Å². The van der Waals surface area contributed by atoms with Gasteiger partial charge in [-0.25, -0.2) is 18.7 Å². The van der Waals surface area contributed by atoms with Gasteiger partial charge in [-0.05, 0) is 81.6 Å². The maximum absolute atomic E-state index is 14.7. The topological polar surface area (TPSA) is 93.4 Å². The molecule has 0 saturated carbocycles. The predicted octanol–water partition coefficient (Wildman–Crippen LogP) is 5.14. The van der Waals surface area contributed by atoms with E-state index in [2.05, 4.69) is 20.2 Å². The van der Waals surface area contributed by atoms with E-state index >= 15 is 0 Å². The molecule has 2 aromatic carbocycles. The zero-order valence-electron chi connectivity index (χ0n) is 20.6. The molecule has 7 nitrogen and oxygen atoms in total. The molecule has 0 bridgehead atoms. The number of rotatable bonds is 9. The van der Waals surface area contributed by atoms with Crippen molar-refractivity contribution in [2.24, 2.45) is 5.73 Å². The number of hydrogen-bond acceptors (Lipinski definition) is 6. The minimum absolute atomic E-state index is 0.109. The van der Waals surface area contributed by atoms with Crippen molar-refractivity contribution >= 4 is 17.5 Å². The number of primary amides is 1. The van der Waals surface area contributed by atoms with Crippen molar-refractivity contribution in [1.29, 1.82) is 0 Å². The van der Waals surface area contributed by atoms with Crippen molar-refractivity contribution in [1.82, 2.24) is 14.9 Å². The van der Waals surface area contributed by atoms with Crippen molar-refractivity contribution in [3.05, 3.63) is 64.9 Å². The van der Waals surface area contributed by atoms with Gasteiger partial charge in [-0.2, -0.15) is 0 Å². The smallest absolute Gasteiger partial charge is 0.252 e. The van der Waals surface area contributed by atoms with Gasteiger partial charge in [0.1, 0.15) is 5.82 Å². The van der Waals surface area contributed by atoms with Crippen molar-refractivity contribution in [2.75, 3.05) is 31.6 Å². The highest BCUT2D eigenvalue weighted by molar-refractivity contribution is 5.99. The first-order valence-electron chi connectivity index (χ1n) is 12.2. The number of nitrogens with one attached hydrogen (secondary N) is 1. The van der Waals surface area contributed by atoms with E-state index in [9.17, 15) is 13.6 Å². The Balaban J connectivity index is 1.47. The van der Waals surface area contributed by atoms with Gasteiger partial charge in [0.2, 0.25) is 5.95 Å². The monoisotopic (exact) mass is 495 g/mol. The first kappa shape index (κ1) is 25.5. The Labute approximate surface area is 209 Å². The van der Waals surface area contributed by atoms with E-state index < -0.39 is 11.7 Å². The third-order valence-electron chi connectivity index (χ3n) is 6.30. The molecule has 9 heteroatoms. The van der Waals surface area contributed by atoms with Crippen LogP contribution in [0.15, 0.2) is 36.5 Å². The molecule has 190 valence electrons. The molecule has 4 rings (SSSR count). The van der Waals surface area contributed by atoms with Gasteiger partial charge >= 0.3 is 0 Å². The predicted molar refractivity (Wildman–Crippen MR) is 136 cm³/mol. The van der Waals surface area contributed by atoms with Gasteiger partial charge in [-0.1, -0.05) is 6.42 Å². The molecule has 1 aliphatic heterocycles. The molecular formula is C27H31F2N5O2. The lowest BCUT2D eigenvalue weighted by Gasteiger charge is -2.26. The molecule has 1 amide bonds. The van der Waals surface area contributed by atoms with Crippen LogP contribution in [0.4, 0.5) is 20.4 Å². The fraction of sp³-hybridized carbons (Fsp3) is 0.370. The first-order valence-corrected chi connectivity index (χ1v) is 12.2. The maximum Gasteiger partial charge on any atom is 0.252 e. The van der Waals surface area contributed by atoms with Crippen LogP contribution < -0.4 is 15.8 Å². The summed E-state index contributed by atoms with van der Waals surface area (Å²) in [6, 6.07) is 7.26. The molecule has 1 fully saturated rings. The molecule has 3 N–H and O–H groups in total. The number of carbonyl (C=O) groups excluding carboxylic acids is 1. The zero-order valence-corrected chi connectivity index (χ0v) is 20.6. The van der Waals surface area contributed by atoms with E-state index in [1.807, 2.05) is 0 Å². The number of ether oxygens (including phenoxy) is 1. The number of anilines is 2. The summed E-state index contributed by atoms with van der Waals surface area (Å²) in [4.78, 5) is 23.1. The number of nitrogens with two attached hydrogens (primary N) is 1. The number of carbonyl (C=O) groups is 1. The van der Waals surface area contributed by atoms with Crippen LogP contribution in [0, 0.1) is 25.5 Å². The highest BCUT2D eigenvalue weighted by Crippen LogP contribution is 2.31. The van der Waals surface area contributed by atoms with E-state index in [-0.39, 0.29) is 28.8 Å². The Hall–Kier alpha value is -3.59. The Morgan fingerprint density at radius 2 is 1.83 bits per heavy atom. The number of aryl methyl sites for hydroxylation is 2. The van der Waals surface area contributed by atoms with E-state index in [0.29, 0.717) is 29.0 Å². The lowest BCUT2D eigenvalue weighted by molar-refractivity contribution is 0.100. The number of aromatic nitrogens is 2. The lowest BCUT2D eigenvalue weighted by Crippen LogP contribution is -2.31.